The lowest BCUT2D eigenvalue weighted by Gasteiger charge is -2.34. The highest BCUT2D eigenvalue weighted by Gasteiger charge is 2.47. The second kappa shape index (κ2) is 3.08. The molecule has 4 atom stereocenters. The van der Waals surface area contributed by atoms with E-state index in [1.165, 1.54) is 0 Å². The Hall–Kier alpha value is -0.530. The topological polar surface area (TPSA) is 118 Å². The van der Waals surface area contributed by atoms with Crippen LogP contribution >= 0.6 is 0 Å². The molecule has 12 heavy (non-hydrogen) atoms. The fourth-order valence-corrected chi connectivity index (χ4v) is 1.09. The maximum absolute atomic E-state index is 10.8. The summed E-state index contributed by atoms with van der Waals surface area (Å²) in [5.74, 6) is -1.08. The zero-order valence-corrected chi connectivity index (χ0v) is 6.03. The van der Waals surface area contributed by atoms with Crippen LogP contribution in [0.3, 0.4) is 0 Å². The van der Waals surface area contributed by atoms with E-state index < -0.39 is 36.3 Å². The van der Waals surface area contributed by atoms with Crippen molar-refractivity contribution in [3.05, 3.63) is 0 Å². The highest BCUT2D eigenvalue weighted by Crippen LogP contribution is 2.17. The minimum absolute atomic E-state index is 1.08. The Bertz CT molecular complexity index is 174. The molecular formula is C6H10O6. The van der Waals surface area contributed by atoms with E-state index in [9.17, 15) is 4.79 Å². The van der Waals surface area contributed by atoms with Gasteiger partial charge in [0.25, 0.3) is 0 Å². The molecular weight excluding hydrogens is 168 g/mol. The summed E-state index contributed by atoms with van der Waals surface area (Å²) in [7, 11) is 0. The lowest BCUT2D eigenvalue weighted by atomic mass is 9.86. The molecule has 6 nitrogen and oxygen atoms in total. The molecule has 1 fully saturated rings. The normalized spacial score (nSPS) is 49.4. The zero-order valence-electron chi connectivity index (χ0n) is 6.03. The van der Waals surface area contributed by atoms with E-state index in [4.69, 9.17) is 25.5 Å². The molecule has 0 aromatic carbocycles. The SMILES string of the molecule is O=C1C(O)C(O)C(O)C(O)C1O. The van der Waals surface area contributed by atoms with Crippen LogP contribution in [-0.4, -0.2) is 61.8 Å². The third-order valence-corrected chi connectivity index (χ3v) is 1.93. The summed E-state index contributed by atoms with van der Waals surface area (Å²) in [5, 5.41) is 44.5. The molecule has 0 bridgehead atoms. The van der Waals surface area contributed by atoms with Crippen LogP contribution in [0.5, 0.6) is 0 Å². The van der Waals surface area contributed by atoms with Crippen molar-refractivity contribution >= 4 is 5.78 Å². The summed E-state index contributed by atoms with van der Waals surface area (Å²) >= 11 is 0. The first-order valence-electron chi connectivity index (χ1n) is 3.41. The van der Waals surface area contributed by atoms with Crippen molar-refractivity contribution in [2.24, 2.45) is 0 Å². The van der Waals surface area contributed by atoms with Crippen molar-refractivity contribution in [1.82, 2.24) is 0 Å². The first-order chi connectivity index (χ1) is 5.46. The first kappa shape index (κ1) is 9.56. The molecule has 0 heterocycles. The van der Waals surface area contributed by atoms with Gasteiger partial charge in [-0.15, -0.1) is 0 Å². The van der Waals surface area contributed by atoms with Crippen molar-refractivity contribution in [2.75, 3.05) is 0 Å². The highest BCUT2D eigenvalue weighted by atomic mass is 16.4. The van der Waals surface area contributed by atoms with Gasteiger partial charge in [0.15, 0.2) is 5.78 Å². The molecule has 6 heteroatoms. The van der Waals surface area contributed by atoms with Gasteiger partial charge in [-0.1, -0.05) is 0 Å². The Kier molecular flexibility index (Phi) is 2.45. The average Bonchev–Trinajstić information content (AvgIpc) is 2.08. The van der Waals surface area contributed by atoms with Gasteiger partial charge in [0.2, 0.25) is 0 Å². The molecule has 1 rings (SSSR count). The number of aliphatic hydroxyl groups excluding tert-OH is 5. The van der Waals surface area contributed by atoms with Gasteiger partial charge in [0, 0.05) is 0 Å². The van der Waals surface area contributed by atoms with Gasteiger partial charge < -0.3 is 25.5 Å². The van der Waals surface area contributed by atoms with Crippen molar-refractivity contribution in [2.45, 2.75) is 30.5 Å². The van der Waals surface area contributed by atoms with E-state index in [0.717, 1.165) is 0 Å². The fraction of sp³-hybridized carbons (Fsp3) is 0.833. The number of Topliss-reactive ketones (excluding diaryl/α,β-unsaturated/α-hetero) is 1. The van der Waals surface area contributed by atoms with Gasteiger partial charge in [-0.2, -0.15) is 0 Å². The Morgan fingerprint density at radius 2 is 1.08 bits per heavy atom. The van der Waals surface area contributed by atoms with E-state index in [0.29, 0.717) is 0 Å². The third kappa shape index (κ3) is 1.23. The Labute approximate surface area is 67.7 Å². The molecule has 1 aliphatic carbocycles. The molecule has 5 N–H and O–H groups in total. The predicted octanol–water partition coefficient (Wildman–Crippen LogP) is -3.63. The number of rotatable bonds is 0. The summed E-state index contributed by atoms with van der Waals surface area (Å²) in [6.45, 7) is 0. The van der Waals surface area contributed by atoms with Crippen molar-refractivity contribution in [3.63, 3.8) is 0 Å². The molecule has 70 valence electrons. The van der Waals surface area contributed by atoms with Crippen LogP contribution in [0.1, 0.15) is 0 Å². The van der Waals surface area contributed by atoms with Gasteiger partial charge in [-0.05, 0) is 0 Å². The number of ketones is 1. The largest absolute Gasteiger partial charge is 0.387 e. The van der Waals surface area contributed by atoms with Gasteiger partial charge in [-0.3, -0.25) is 4.79 Å². The summed E-state index contributed by atoms with van der Waals surface area (Å²) < 4.78 is 0. The van der Waals surface area contributed by atoms with Crippen LogP contribution in [0.2, 0.25) is 0 Å². The predicted molar refractivity (Wildman–Crippen MR) is 35.0 cm³/mol. The quantitative estimate of drug-likeness (QED) is 0.261. The van der Waals surface area contributed by atoms with Crippen LogP contribution in [0, 0.1) is 0 Å². The number of hydrogen-bond acceptors (Lipinski definition) is 6. The summed E-state index contributed by atoms with van der Waals surface area (Å²) in [4.78, 5) is 10.8. The van der Waals surface area contributed by atoms with Crippen LogP contribution in [0.4, 0.5) is 0 Å². The maximum atomic E-state index is 10.8. The number of carbonyl (C=O) groups is 1. The molecule has 0 radical (unpaired) electrons. The van der Waals surface area contributed by atoms with E-state index >= 15 is 0 Å². The van der Waals surface area contributed by atoms with E-state index in [1.807, 2.05) is 0 Å². The number of carbonyl (C=O) groups excluding carboxylic acids is 1. The third-order valence-electron chi connectivity index (χ3n) is 1.93. The molecule has 0 saturated heterocycles. The number of hydrogen-bond donors (Lipinski definition) is 5. The second-order valence-corrected chi connectivity index (χ2v) is 2.76. The minimum atomic E-state index is -1.83. The maximum Gasteiger partial charge on any atom is 0.195 e. The van der Waals surface area contributed by atoms with Gasteiger partial charge in [-0.25, -0.2) is 0 Å². The second-order valence-electron chi connectivity index (χ2n) is 2.76. The van der Waals surface area contributed by atoms with E-state index in [2.05, 4.69) is 0 Å². The van der Waals surface area contributed by atoms with Crippen LogP contribution in [0.25, 0.3) is 0 Å². The lowest BCUT2D eigenvalue weighted by Crippen LogP contribution is -2.61. The molecule has 1 saturated carbocycles. The Morgan fingerprint density at radius 1 is 0.750 bits per heavy atom. The molecule has 1 aliphatic rings. The van der Waals surface area contributed by atoms with Crippen molar-refractivity contribution in [3.8, 4) is 0 Å². The lowest BCUT2D eigenvalue weighted by molar-refractivity contribution is -0.185. The Morgan fingerprint density at radius 3 is 1.42 bits per heavy atom. The number of aliphatic hydroxyl groups is 5. The molecule has 4 unspecified atom stereocenters. The Balaban J connectivity index is 2.83. The monoisotopic (exact) mass is 178 g/mol. The molecule has 0 aliphatic heterocycles. The highest BCUT2D eigenvalue weighted by molar-refractivity contribution is 5.89. The van der Waals surface area contributed by atoms with Crippen LogP contribution in [0.15, 0.2) is 0 Å². The van der Waals surface area contributed by atoms with E-state index in [1.54, 1.807) is 0 Å². The van der Waals surface area contributed by atoms with Crippen molar-refractivity contribution in [1.29, 1.82) is 0 Å². The summed E-state index contributed by atoms with van der Waals surface area (Å²) in [6, 6.07) is 0. The standard InChI is InChI=1S/C6H10O6/c7-1-2(8)4(10)6(12)5(11)3(1)9/h1-5,7-11H. The van der Waals surface area contributed by atoms with Gasteiger partial charge in [0.1, 0.15) is 30.5 Å². The molecule has 0 amide bonds. The smallest absolute Gasteiger partial charge is 0.195 e. The first-order valence-corrected chi connectivity index (χ1v) is 3.41. The van der Waals surface area contributed by atoms with E-state index in [-0.39, 0.29) is 0 Å². The average molecular weight is 178 g/mol. The summed E-state index contributed by atoms with van der Waals surface area (Å²) in [5.41, 5.74) is 0. The van der Waals surface area contributed by atoms with Crippen molar-refractivity contribution < 1.29 is 30.3 Å². The fourth-order valence-electron chi connectivity index (χ4n) is 1.09. The molecule has 0 aromatic rings. The summed E-state index contributed by atoms with van der Waals surface area (Å²) in [6.07, 6.45) is -8.85. The van der Waals surface area contributed by atoms with Gasteiger partial charge in [0.05, 0.1) is 0 Å². The van der Waals surface area contributed by atoms with Crippen LogP contribution in [-0.2, 0) is 4.79 Å². The van der Waals surface area contributed by atoms with Crippen LogP contribution < -0.4 is 0 Å². The molecule has 0 aromatic heterocycles. The zero-order chi connectivity index (χ0) is 9.46. The molecule has 0 spiro atoms. The van der Waals surface area contributed by atoms with Gasteiger partial charge >= 0.3 is 0 Å². The minimum Gasteiger partial charge on any atom is -0.387 e.